The first-order valence-corrected chi connectivity index (χ1v) is 7.88. The molecule has 0 spiro atoms. The number of hydrogen-bond donors (Lipinski definition) is 0. The summed E-state index contributed by atoms with van der Waals surface area (Å²) in [5.74, 6) is -0.830. The molecule has 1 aromatic rings. The first-order chi connectivity index (χ1) is 8.83. The minimum absolute atomic E-state index is 0.0155. The van der Waals surface area contributed by atoms with Crippen LogP contribution in [0.25, 0.3) is 0 Å². The number of halogens is 2. The SMILES string of the molecule is CCOC(=O)N(c1ccc(F)cc1Br)S(=O)(=O)CC. The van der Waals surface area contributed by atoms with Gasteiger partial charge in [-0.05, 0) is 48.0 Å². The van der Waals surface area contributed by atoms with Crippen molar-refractivity contribution in [2.24, 2.45) is 0 Å². The first-order valence-electron chi connectivity index (χ1n) is 5.48. The lowest BCUT2D eigenvalue weighted by Gasteiger charge is -2.22. The van der Waals surface area contributed by atoms with E-state index < -0.39 is 21.9 Å². The molecule has 0 bridgehead atoms. The molecule has 0 fully saturated rings. The molecule has 19 heavy (non-hydrogen) atoms. The van der Waals surface area contributed by atoms with Gasteiger partial charge in [0.1, 0.15) is 5.82 Å². The van der Waals surface area contributed by atoms with Crippen LogP contribution in [-0.2, 0) is 14.8 Å². The molecular weight excluding hydrogens is 341 g/mol. The fraction of sp³-hybridized carbons (Fsp3) is 0.364. The van der Waals surface area contributed by atoms with Gasteiger partial charge in [0, 0.05) is 4.47 Å². The smallest absolute Gasteiger partial charge is 0.428 e. The van der Waals surface area contributed by atoms with E-state index in [-0.39, 0.29) is 22.5 Å². The average Bonchev–Trinajstić information content (AvgIpc) is 2.32. The molecule has 0 heterocycles. The van der Waals surface area contributed by atoms with Gasteiger partial charge in [-0.2, -0.15) is 4.31 Å². The zero-order valence-electron chi connectivity index (χ0n) is 10.4. The van der Waals surface area contributed by atoms with E-state index in [1.807, 2.05) is 0 Å². The van der Waals surface area contributed by atoms with Gasteiger partial charge in [-0.15, -0.1) is 0 Å². The standard InChI is InChI=1S/C11H13BrFNO4S/c1-3-18-11(15)14(19(16,17)4-2)10-6-5-8(13)7-9(10)12/h5-7H,3-4H2,1-2H3. The van der Waals surface area contributed by atoms with E-state index in [1.54, 1.807) is 6.92 Å². The summed E-state index contributed by atoms with van der Waals surface area (Å²) in [7, 11) is -3.86. The van der Waals surface area contributed by atoms with Crippen LogP contribution < -0.4 is 4.31 Å². The van der Waals surface area contributed by atoms with Crippen molar-refractivity contribution in [3.63, 3.8) is 0 Å². The van der Waals surface area contributed by atoms with Gasteiger partial charge in [0.2, 0.25) is 10.0 Å². The first kappa shape index (κ1) is 15.9. The number of anilines is 1. The molecule has 0 saturated carbocycles. The van der Waals surface area contributed by atoms with Gasteiger partial charge < -0.3 is 4.74 Å². The van der Waals surface area contributed by atoms with Crippen molar-refractivity contribution < 1.29 is 22.3 Å². The van der Waals surface area contributed by atoms with Crippen molar-refractivity contribution in [1.29, 1.82) is 0 Å². The Bertz CT molecular complexity index is 576. The van der Waals surface area contributed by atoms with Gasteiger partial charge in [-0.1, -0.05) is 0 Å². The summed E-state index contributed by atoms with van der Waals surface area (Å²) in [5.41, 5.74) is 0.0155. The van der Waals surface area contributed by atoms with E-state index in [9.17, 15) is 17.6 Å². The Balaban J connectivity index is 3.35. The largest absolute Gasteiger partial charge is 0.449 e. The molecule has 0 aliphatic carbocycles. The van der Waals surface area contributed by atoms with Gasteiger partial charge in [-0.25, -0.2) is 17.6 Å². The fourth-order valence-electron chi connectivity index (χ4n) is 1.32. The van der Waals surface area contributed by atoms with Gasteiger partial charge in [0.05, 0.1) is 18.0 Å². The molecular formula is C11H13BrFNO4S. The Morgan fingerprint density at radius 1 is 1.42 bits per heavy atom. The van der Waals surface area contributed by atoms with E-state index in [1.165, 1.54) is 13.0 Å². The third-order valence-electron chi connectivity index (χ3n) is 2.21. The number of sulfonamides is 1. The van der Waals surface area contributed by atoms with Crippen LogP contribution in [0, 0.1) is 5.82 Å². The minimum atomic E-state index is -3.86. The lowest BCUT2D eigenvalue weighted by molar-refractivity contribution is 0.164. The number of carbonyl (C=O) groups excluding carboxylic acids is 1. The summed E-state index contributed by atoms with van der Waals surface area (Å²) in [4.78, 5) is 11.8. The van der Waals surface area contributed by atoms with Crippen LogP contribution in [0.1, 0.15) is 13.8 Å². The molecule has 1 rings (SSSR count). The Morgan fingerprint density at radius 3 is 2.53 bits per heavy atom. The lowest BCUT2D eigenvalue weighted by Crippen LogP contribution is -2.38. The molecule has 0 aliphatic rings. The number of rotatable bonds is 4. The van der Waals surface area contributed by atoms with Gasteiger partial charge in [0.15, 0.2) is 0 Å². The fourth-order valence-corrected chi connectivity index (χ4v) is 2.96. The quantitative estimate of drug-likeness (QED) is 0.834. The molecule has 5 nitrogen and oxygen atoms in total. The van der Waals surface area contributed by atoms with E-state index in [2.05, 4.69) is 15.9 Å². The predicted molar refractivity (Wildman–Crippen MR) is 73.1 cm³/mol. The molecule has 106 valence electrons. The third-order valence-corrected chi connectivity index (χ3v) is 4.47. The zero-order valence-corrected chi connectivity index (χ0v) is 12.8. The number of nitrogens with zero attached hydrogens (tertiary/aromatic N) is 1. The molecule has 0 unspecified atom stereocenters. The second kappa shape index (κ2) is 6.33. The van der Waals surface area contributed by atoms with Crippen molar-refractivity contribution in [2.75, 3.05) is 16.7 Å². The number of ether oxygens (including phenoxy) is 1. The minimum Gasteiger partial charge on any atom is -0.449 e. The van der Waals surface area contributed by atoms with Crippen LogP contribution in [0.5, 0.6) is 0 Å². The molecule has 0 atom stereocenters. The Kier molecular flexibility index (Phi) is 5.30. The number of hydrogen-bond acceptors (Lipinski definition) is 4. The topological polar surface area (TPSA) is 63.7 Å². The van der Waals surface area contributed by atoms with Crippen molar-refractivity contribution in [3.8, 4) is 0 Å². The van der Waals surface area contributed by atoms with Crippen LogP contribution >= 0.6 is 15.9 Å². The molecule has 1 aromatic carbocycles. The van der Waals surface area contributed by atoms with Crippen LogP contribution in [0.15, 0.2) is 22.7 Å². The number of amides is 1. The van der Waals surface area contributed by atoms with Gasteiger partial charge >= 0.3 is 6.09 Å². The van der Waals surface area contributed by atoms with Crippen molar-refractivity contribution in [3.05, 3.63) is 28.5 Å². The number of benzene rings is 1. The van der Waals surface area contributed by atoms with E-state index in [4.69, 9.17) is 4.74 Å². The second-order valence-corrected chi connectivity index (χ2v) is 6.42. The van der Waals surface area contributed by atoms with Crippen LogP contribution in [0.4, 0.5) is 14.9 Å². The summed E-state index contributed by atoms with van der Waals surface area (Å²) >= 11 is 3.03. The molecule has 0 N–H and O–H groups in total. The second-order valence-electron chi connectivity index (χ2n) is 3.46. The highest BCUT2D eigenvalue weighted by Crippen LogP contribution is 2.29. The summed E-state index contributed by atoms with van der Waals surface area (Å²) in [6.45, 7) is 3.00. The summed E-state index contributed by atoms with van der Waals surface area (Å²) in [5, 5.41) is 0. The number of carbonyl (C=O) groups is 1. The van der Waals surface area contributed by atoms with E-state index in [0.717, 1.165) is 12.1 Å². The van der Waals surface area contributed by atoms with Crippen LogP contribution in [-0.4, -0.2) is 26.9 Å². The van der Waals surface area contributed by atoms with Gasteiger partial charge in [-0.3, -0.25) is 0 Å². The normalized spacial score (nSPS) is 11.2. The van der Waals surface area contributed by atoms with Crippen LogP contribution in [0.2, 0.25) is 0 Å². The predicted octanol–water partition coefficient (Wildman–Crippen LogP) is 2.90. The van der Waals surface area contributed by atoms with E-state index in [0.29, 0.717) is 4.31 Å². The molecule has 0 aromatic heterocycles. The molecule has 0 saturated heterocycles. The Labute approximate surface area is 119 Å². The van der Waals surface area contributed by atoms with Gasteiger partial charge in [0.25, 0.3) is 0 Å². The van der Waals surface area contributed by atoms with Crippen LogP contribution in [0.3, 0.4) is 0 Å². The molecule has 0 aliphatic heterocycles. The molecule has 0 radical (unpaired) electrons. The molecule has 8 heteroatoms. The van der Waals surface area contributed by atoms with Crippen molar-refractivity contribution >= 4 is 37.7 Å². The maximum Gasteiger partial charge on any atom is 0.428 e. The van der Waals surface area contributed by atoms with E-state index >= 15 is 0 Å². The zero-order chi connectivity index (χ0) is 14.6. The van der Waals surface area contributed by atoms with Crippen molar-refractivity contribution in [2.45, 2.75) is 13.8 Å². The highest BCUT2D eigenvalue weighted by molar-refractivity contribution is 9.10. The maximum absolute atomic E-state index is 13.0. The third kappa shape index (κ3) is 3.66. The van der Waals surface area contributed by atoms with Crippen molar-refractivity contribution in [1.82, 2.24) is 0 Å². The maximum atomic E-state index is 13.0. The monoisotopic (exact) mass is 353 g/mol. The Hall–Kier alpha value is -1.15. The molecule has 1 amide bonds. The lowest BCUT2D eigenvalue weighted by atomic mass is 10.3. The highest BCUT2D eigenvalue weighted by Gasteiger charge is 2.30. The average molecular weight is 354 g/mol. The summed E-state index contributed by atoms with van der Waals surface area (Å²) < 4.78 is 42.4. The summed E-state index contributed by atoms with van der Waals surface area (Å²) in [6.07, 6.45) is -1.02. The summed E-state index contributed by atoms with van der Waals surface area (Å²) in [6, 6.07) is 3.34. The Morgan fingerprint density at radius 2 is 2.05 bits per heavy atom. The highest BCUT2D eigenvalue weighted by atomic mass is 79.9.